The normalized spacial score (nSPS) is 17.4. The first-order valence-corrected chi connectivity index (χ1v) is 18.1. The van der Waals surface area contributed by atoms with Crippen LogP contribution in [0.5, 0.6) is 0 Å². The maximum atomic E-state index is 12.0. The Hall–Kier alpha value is -0.496. The van der Waals surface area contributed by atoms with Crippen molar-refractivity contribution < 1.29 is 18.9 Å². The summed E-state index contributed by atoms with van der Waals surface area (Å²) in [6.07, 6.45) is 7.44. The number of allylic oxidation sites excluding steroid dienone is 1. The fraction of sp³-hybridized carbons (Fsp3) is 0.800. The van der Waals surface area contributed by atoms with Crippen molar-refractivity contribution in [2.45, 2.75) is 79.5 Å². The molecule has 0 unspecified atom stereocenters. The van der Waals surface area contributed by atoms with E-state index < -0.39 is 25.5 Å². The fourth-order valence-electron chi connectivity index (χ4n) is 3.82. The van der Waals surface area contributed by atoms with Gasteiger partial charge >= 0.3 is 170 Å². The molecule has 0 radical (unpaired) electrons. The summed E-state index contributed by atoms with van der Waals surface area (Å²) in [5, 5.41) is 0. The Morgan fingerprint density at radius 3 is 1.74 bits per heavy atom. The Bertz CT molecular complexity index is 470. The molecule has 0 amide bonds. The third kappa shape index (κ3) is 8.59. The van der Waals surface area contributed by atoms with Gasteiger partial charge in [0.15, 0.2) is 0 Å². The summed E-state index contributed by atoms with van der Waals surface area (Å²) < 4.78 is 16.3. The molecule has 0 bridgehead atoms. The Labute approximate surface area is 170 Å². The third-order valence-electron chi connectivity index (χ3n) is 5.54. The Kier molecular flexibility index (Phi) is 11.7. The van der Waals surface area contributed by atoms with E-state index in [4.69, 9.17) is 9.31 Å². The van der Waals surface area contributed by atoms with Crippen molar-refractivity contribution in [1.82, 2.24) is 4.90 Å². The number of unbranched alkanes of at least 4 members (excludes halogenated alkanes) is 3. The Morgan fingerprint density at radius 1 is 0.963 bits per heavy atom. The van der Waals surface area contributed by atoms with Gasteiger partial charge in [0.2, 0.25) is 0 Å². The third-order valence-corrected chi connectivity index (χ3v) is 22.0. The zero-order valence-electron chi connectivity index (χ0n) is 18.0. The predicted molar refractivity (Wildman–Crippen MR) is 114 cm³/mol. The zero-order chi connectivity index (χ0) is 20.3. The summed E-state index contributed by atoms with van der Waals surface area (Å²) in [6, 6.07) is 0. The molecule has 0 aromatic carbocycles. The molecule has 0 aromatic heterocycles. The van der Waals surface area contributed by atoms with Gasteiger partial charge in [-0.25, -0.2) is 0 Å². The average Bonchev–Trinajstić information content (AvgIpc) is 2.59. The number of rotatable bonds is 11. The molecule has 0 atom stereocenters. The summed E-state index contributed by atoms with van der Waals surface area (Å²) in [6.45, 7) is 9.21. The van der Waals surface area contributed by atoms with Crippen LogP contribution in [-0.4, -0.2) is 62.5 Å². The molecule has 7 heteroatoms. The van der Waals surface area contributed by atoms with Crippen LogP contribution in [-0.2, 0) is 18.9 Å². The standard InChI is InChI=1S/C8H11BNO4.3C4H9.Sn/c1-3-4-9-13-7(11)5-10(2)6-8(12)14-9;3*1-3-4-2;/h4H,5-6H2,1-2H3;3*1,3-4H2,2H3;. The quantitative estimate of drug-likeness (QED) is 0.406. The molecular formula is C20H38BNO4Sn. The van der Waals surface area contributed by atoms with Crippen molar-refractivity contribution in [1.29, 1.82) is 0 Å². The van der Waals surface area contributed by atoms with Crippen molar-refractivity contribution in [3.63, 3.8) is 0 Å². The molecule has 0 spiro atoms. The molecule has 1 aliphatic rings. The number of carbonyl (C=O) groups is 2. The fourth-order valence-corrected chi connectivity index (χ4v) is 19.6. The van der Waals surface area contributed by atoms with E-state index in [1.807, 2.05) is 5.98 Å². The second kappa shape index (κ2) is 12.9. The average molecular weight is 486 g/mol. The van der Waals surface area contributed by atoms with E-state index in [9.17, 15) is 9.59 Å². The van der Waals surface area contributed by atoms with Gasteiger partial charge in [0.1, 0.15) is 0 Å². The van der Waals surface area contributed by atoms with Crippen LogP contribution in [0.15, 0.2) is 9.56 Å². The molecule has 1 rings (SSSR count). The number of carbonyl (C=O) groups excluding carboxylic acids is 2. The van der Waals surface area contributed by atoms with E-state index in [1.54, 1.807) is 11.9 Å². The number of hydrogen-bond donors (Lipinski definition) is 0. The SMILES string of the molecule is CCC[CH2][Sn]([CH2]CCC)([CH2]CCC)/[C](C)=C/B1OC(=O)CN(C)CC(=O)O1. The van der Waals surface area contributed by atoms with Gasteiger partial charge in [-0.3, -0.25) is 0 Å². The van der Waals surface area contributed by atoms with Gasteiger partial charge in [0.05, 0.1) is 0 Å². The van der Waals surface area contributed by atoms with Gasteiger partial charge in [-0.2, -0.15) is 0 Å². The summed E-state index contributed by atoms with van der Waals surface area (Å²) in [7, 11) is 0.853. The molecular weight excluding hydrogens is 448 g/mol. The van der Waals surface area contributed by atoms with Gasteiger partial charge < -0.3 is 0 Å². The van der Waals surface area contributed by atoms with Crippen LogP contribution in [0.3, 0.4) is 0 Å². The van der Waals surface area contributed by atoms with E-state index in [-0.39, 0.29) is 25.0 Å². The van der Waals surface area contributed by atoms with Crippen molar-refractivity contribution in [2.75, 3.05) is 20.1 Å². The Morgan fingerprint density at radius 2 is 1.37 bits per heavy atom. The van der Waals surface area contributed by atoms with Crippen LogP contribution < -0.4 is 0 Å². The van der Waals surface area contributed by atoms with Gasteiger partial charge in [0, 0.05) is 0 Å². The van der Waals surface area contributed by atoms with Crippen molar-refractivity contribution in [3.8, 4) is 0 Å². The summed E-state index contributed by atoms with van der Waals surface area (Å²) in [5.74, 6) is 1.30. The van der Waals surface area contributed by atoms with Crippen molar-refractivity contribution in [3.05, 3.63) is 9.56 Å². The van der Waals surface area contributed by atoms with Gasteiger partial charge in [0.25, 0.3) is 0 Å². The number of hydrogen-bond acceptors (Lipinski definition) is 5. The number of likely N-dealkylation sites (N-methyl/N-ethyl adjacent to an activating group) is 1. The Balaban J connectivity index is 3.08. The first-order chi connectivity index (χ1) is 12.9. The van der Waals surface area contributed by atoms with Crippen LogP contribution in [0.4, 0.5) is 0 Å². The maximum absolute atomic E-state index is 12.0. The monoisotopic (exact) mass is 487 g/mol. The molecule has 1 aliphatic heterocycles. The van der Waals surface area contributed by atoms with Crippen LogP contribution in [0.1, 0.15) is 66.2 Å². The first kappa shape index (κ1) is 24.5. The minimum atomic E-state index is -2.57. The minimum absolute atomic E-state index is 0.119. The molecule has 0 N–H and O–H groups in total. The summed E-state index contributed by atoms with van der Waals surface area (Å²) >= 11 is -2.57. The summed E-state index contributed by atoms with van der Waals surface area (Å²) in [5.41, 5.74) is 0. The van der Waals surface area contributed by atoms with E-state index in [2.05, 4.69) is 27.7 Å². The van der Waals surface area contributed by atoms with E-state index in [1.165, 1.54) is 55.4 Å². The molecule has 5 nitrogen and oxygen atoms in total. The molecule has 0 saturated carbocycles. The molecule has 27 heavy (non-hydrogen) atoms. The second-order valence-corrected chi connectivity index (χ2v) is 21.8. The first-order valence-electron chi connectivity index (χ1n) is 10.6. The summed E-state index contributed by atoms with van der Waals surface area (Å²) in [4.78, 5) is 25.7. The molecule has 1 fully saturated rings. The second-order valence-electron chi connectivity index (χ2n) is 7.96. The van der Waals surface area contributed by atoms with E-state index in [0.29, 0.717) is 0 Å². The van der Waals surface area contributed by atoms with Crippen LogP contribution in [0.25, 0.3) is 0 Å². The van der Waals surface area contributed by atoms with Crippen molar-refractivity contribution in [2.24, 2.45) is 0 Å². The van der Waals surface area contributed by atoms with Gasteiger partial charge in [-0.1, -0.05) is 0 Å². The van der Waals surface area contributed by atoms with E-state index in [0.717, 1.165) is 0 Å². The molecule has 1 saturated heterocycles. The molecule has 0 aliphatic carbocycles. The van der Waals surface area contributed by atoms with Gasteiger partial charge in [-0.15, -0.1) is 0 Å². The predicted octanol–water partition coefficient (Wildman–Crippen LogP) is 4.38. The zero-order valence-corrected chi connectivity index (χ0v) is 20.9. The molecule has 1 heterocycles. The van der Waals surface area contributed by atoms with Gasteiger partial charge in [-0.05, 0) is 0 Å². The van der Waals surface area contributed by atoms with Crippen LogP contribution >= 0.6 is 0 Å². The molecule has 0 aromatic rings. The van der Waals surface area contributed by atoms with E-state index >= 15 is 0 Å². The van der Waals surface area contributed by atoms with Crippen LogP contribution in [0, 0.1) is 0 Å². The number of nitrogens with zero attached hydrogens (tertiary/aromatic N) is 1. The van der Waals surface area contributed by atoms with Crippen molar-refractivity contribution >= 4 is 37.4 Å². The van der Waals surface area contributed by atoms with Crippen LogP contribution in [0.2, 0.25) is 13.3 Å². The molecule has 154 valence electrons. The topological polar surface area (TPSA) is 55.8 Å².